The molecule has 0 aromatic rings. The molecule has 3 heteroatoms. The van der Waals surface area contributed by atoms with Crippen molar-refractivity contribution < 1.29 is 14.6 Å². The summed E-state index contributed by atoms with van der Waals surface area (Å²) in [7, 11) is 0. The maximum absolute atomic E-state index is 12.0. The molecule has 416 valence electrons. The second kappa shape index (κ2) is 67.4. The van der Waals surface area contributed by atoms with E-state index in [4.69, 9.17) is 4.74 Å². The molecule has 0 bridgehead atoms. The van der Waals surface area contributed by atoms with Crippen molar-refractivity contribution in [1.82, 2.24) is 0 Å². The van der Waals surface area contributed by atoms with Crippen LogP contribution in [-0.4, -0.2) is 23.8 Å². The molecule has 0 amide bonds. The number of hydrogen-bond acceptors (Lipinski definition) is 3. The molecule has 0 rings (SSSR count). The normalized spacial score (nSPS) is 11.8. The molecule has 1 atom stereocenters. The molecule has 0 saturated carbocycles. The minimum Gasteiger partial charge on any atom is -0.466 e. The van der Waals surface area contributed by atoms with Crippen molar-refractivity contribution in [3.8, 4) is 0 Å². The second-order valence-corrected chi connectivity index (χ2v) is 22.6. The van der Waals surface area contributed by atoms with Crippen molar-refractivity contribution >= 4 is 5.97 Å². The molecule has 0 radical (unpaired) electrons. The molecule has 0 aliphatic heterocycles. The predicted molar refractivity (Wildman–Crippen MR) is 312 cm³/mol. The number of ether oxygens (including phenoxy) is 1. The van der Waals surface area contributed by atoms with E-state index in [0.717, 1.165) is 25.7 Å². The summed E-state index contributed by atoms with van der Waals surface area (Å²) >= 11 is 0. The molecule has 0 fully saturated rings. The van der Waals surface area contributed by atoms with Crippen LogP contribution in [0, 0.1) is 0 Å². The molecule has 0 aromatic carbocycles. The van der Waals surface area contributed by atoms with E-state index in [1.165, 1.54) is 347 Å². The van der Waals surface area contributed by atoms with E-state index in [0.29, 0.717) is 13.0 Å². The van der Waals surface area contributed by atoms with Gasteiger partial charge in [0.1, 0.15) is 0 Å². The van der Waals surface area contributed by atoms with E-state index in [1.807, 2.05) is 0 Å². The molecule has 69 heavy (non-hydrogen) atoms. The number of unbranched alkanes of at least 4 members (excludes halogenated alkanes) is 52. The monoisotopic (exact) mass is 975 g/mol. The van der Waals surface area contributed by atoms with Gasteiger partial charge in [0, 0.05) is 6.42 Å². The number of aliphatic hydroxyl groups excluding tert-OH is 1. The van der Waals surface area contributed by atoms with Crippen LogP contribution in [0.25, 0.3) is 0 Å². The van der Waals surface area contributed by atoms with E-state index in [2.05, 4.69) is 27.7 Å². The van der Waals surface area contributed by atoms with Crippen molar-refractivity contribution in [2.75, 3.05) is 6.61 Å². The van der Waals surface area contributed by atoms with Crippen LogP contribution in [0.4, 0.5) is 0 Å². The summed E-state index contributed by atoms with van der Waals surface area (Å²) in [4.78, 5) is 12.0. The van der Waals surface area contributed by atoms with Crippen LogP contribution in [0.5, 0.6) is 0 Å². The van der Waals surface area contributed by atoms with Crippen molar-refractivity contribution in [2.24, 2.45) is 0 Å². The molecule has 0 heterocycles. The van der Waals surface area contributed by atoms with Crippen molar-refractivity contribution in [1.29, 1.82) is 0 Å². The van der Waals surface area contributed by atoms with E-state index in [9.17, 15) is 9.90 Å². The van der Waals surface area contributed by atoms with Gasteiger partial charge >= 0.3 is 5.97 Å². The molecule has 0 saturated heterocycles. The van der Waals surface area contributed by atoms with Crippen molar-refractivity contribution in [3.63, 3.8) is 0 Å². The molecule has 1 unspecified atom stereocenters. The average Bonchev–Trinajstić information content (AvgIpc) is 3.35. The summed E-state index contributed by atoms with van der Waals surface area (Å²) in [6.45, 7) is 9.79. The number of carbonyl (C=O) groups excluding carboxylic acids is 1. The molecule has 0 aromatic heterocycles. The van der Waals surface area contributed by atoms with Crippen LogP contribution in [0.3, 0.4) is 0 Å². The van der Waals surface area contributed by atoms with Gasteiger partial charge in [0.2, 0.25) is 0 Å². The number of hydrogen-bond donors (Lipinski definition) is 1. The van der Waals surface area contributed by atoms with Gasteiger partial charge in [-0.1, -0.05) is 374 Å². The lowest BCUT2D eigenvalue weighted by molar-refractivity contribution is -0.143. The highest BCUT2D eigenvalue weighted by molar-refractivity contribution is 5.69. The van der Waals surface area contributed by atoms with Gasteiger partial charge in [-0.25, -0.2) is 0 Å². The zero-order valence-electron chi connectivity index (χ0n) is 48.8. The van der Waals surface area contributed by atoms with Crippen LogP contribution >= 0.6 is 0 Å². The first kappa shape index (κ1) is 70.5. The summed E-state index contributed by atoms with van der Waals surface area (Å²) in [5, 5.41) is 10.1. The van der Waals surface area contributed by atoms with Gasteiger partial charge in [0.25, 0.3) is 0 Å². The van der Waals surface area contributed by atoms with Gasteiger partial charge in [0.05, 0.1) is 12.7 Å². The highest BCUT2D eigenvalue weighted by Gasteiger charge is 2.05. The zero-order chi connectivity index (χ0) is 50.3. The number of carbonyl (C=O) groups is 1. The van der Waals surface area contributed by atoms with Gasteiger partial charge < -0.3 is 9.84 Å². The lowest BCUT2D eigenvalue weighted by Crippen LogP contribution is -2.05. The van der Waals surface area contributed by atoms with E-state index >= 15 is 0 Å². The Balaban J connectivity index is 0. The van der Waals surface area contributed by atoms with Crippen LogP contribution in [0.1, 0.15) is 407 Å². The smallest absolute Gasteiger partial charge is 0.305 e. The summed E-state index contributed by atoms with van der Waals surface area (Å²) in [6.07, 6.45) is 80.2. The molecule has 1 N–H and O–H groups in total. The van der Waals surface area contributed by atoms with Crippen LogP contribution in [-0.2, 0) is 9.53 Å². The summed E-state index contributed by atoms with van der Waals surface area (Å²) in [5.74, 6) is 0.0314. The third kappa shape index (κ3) is 69.5. The maximum Gasteiger partial charge on any atom is 0.305 e. The second-order valence-electron chi connectivity index (χ2n) is 22.6. The first-order valence-corrected chi connectivity index (χ1v) is 33.0. The lowest BCUT2D eigenvalue weighted by atomic mass is 10.0. The van der Waals surface area contributed by atoms with Gasteiger partial charge in [-0.15, -0.1) is 0 Å². The van der Waals surface area contributed by atoms with Crippen LogP contribution in [0.2, 0.25) is 0 Å². The highest BCUT2D eigenvalue weighted by Crippen LogP contribution is 2.19. The summed E-state index contributed by atoms with van der Waals surface area (Å²) in [5.41, 5.74) is 0. The first-order chi connectivity index (χ1) is 34.1. The molecule has 0 spiro atoms. The SMILES string of the molecule is CCCCCCCCCCCCCC(O)CCCCCCCCCC.CCCCCCCCCCCCCCCCCCCCCC(=O)OCCCCCCCCCCCCCCCCCCCC. The minimum atomic E-state index is -0.0290. The Morgan fingerprint density at radius 3 is 0.652 bits per heavy atom. The standard InChI is InChI=1S/C42H84O2.C24H50O/c1-3-5-7-9-11-13-15-17-19-21-23-24-26-28-30-32-34-36-38-40-42(43)44-41-39-37-35-33-31-29-27-25-22-20-18-16-14-12-10-8-6-4-2;1-3-5-7-9-11-13-14-15-17-19-21-23-24(25)22-20-18-16-12-10-8-6-4-2/h3-41H2,1-2H3;24-25H,3-23H2,1-2H3. The fraction of sp³-hybridized carbons (Fsp3) is 0.985. The Kier molecular flexibility index (Phi) is 68.9. The molecule has 3 nitrogen and oxygen atoms in total. The third-order valence-corrected chi connectivity index (χ3v) is 15.3. The van der Waals surface area contributed by atoms with Gasteiger partial charge in [-0.05, 0) is 25.7 Å². The quantitative estimate of drug-likeness (QED) is 0.0488. The highest BCUT2D eigenvalue weighted by atomic mass is 16.5. The topological polar surface area (TPSA) is 46.5 Å². The Morgan fingerprint density at radius 2 is 0.435 bits per heavy atom. The van der Waals surface area contributed by atoms with Crippen molar-refractivity contribution in [2.45, 2.75) is 413 Å². The Labute approximate surface area is 438 Å². The number of rotatable bonds is 60. The largest absolute Gasteiger partial charge is 0.466 e. The van der Waals surface area contributed by atoms with E-state index in [-0.39, 0.29) is 12.1 Å². The van der Waals surface area contributed by atoms with Gasteiger partial charge in [0.15, 0.2) is 0 Å². The van der Waals surface area contributed by atoms with E-state index in [1.54, 1.807) is 0 Å². The fourth-order valence-electron chi connectivity index (χ4n) is 10.3. The van der Waals surface area contributed by atoms with Crippen LogP contribution < -0.4 is 0 Å². The Hall–Kier alpha value is -0.570. The minimum absolute atomic E-state index is 0.0290. The number of aliphatic hydroxyl groups is 1. The zero-order valence-corrected chi connectivity index (χ0v) is 48.8. The molecule has 0 aliphatic carbocycles. The molecule has 0 aliphatic rings. The van der Waals surface area contributed by atoms with Crippen LogP contribution in [0.15, 0.2) is 0 Å². The van der Waals surface area contributed by atoms with Gasteiger partial charge in [-0.2, -0.15) is 0 Å². The summed E-state index contributed by atoms with van der Waals surface area (Å²) in [6, 6.07) is 0. The maximum atomic E-state index is 12.0. The third-order valence-electron chi connectivity index (χ3n) is 15.3. The fourth-order valence-corrected chi connectivity index (χ4v) is 10.3. The molecular weight excluding hydrogens is 841 g/mol. The van der Waals surface area contributed by atoms with E-state index < -0.39 is 0 Å². The number of esters is 1. The Bertz CT molecular complexity index is 828. The molecular formula is C66H134O3. The lowest BCUT2D eigenvalue weighted by Gasteiger charge is -2.10. The first-order valence-electron chi connectivity index (χ1n) is 33.0. The predicted octanol–water partition coefficient (Wildman–Crippen LogP) is 24.0. The Morgan fingerprint density at radius 1 is 0.261 bits per heavy atom. The van der Waals surface area contributed by atoms with Gasteiger partial charge in [-0.3, -0.25) is 4.79 Å². The summed E-state index contributed by atoms with van der Waals surface area (Å²) < 4.78 is 5.47. The average molecular weight is 976 g/mol. The van der Waals surface area contributed by atoms with Crippen molar-refractivity contribution in [3.05, 3.63) is 0 Å².